The molecule has 0 bridgehead atoms. The highest BCUT2D eigenvalue weighted by molar-refractivity contribution is 7.10. The Kier molecular flexibility index (Phi) is 4.33. The highest BCUT2D eigenvalue weighted by Gasteiger charge is 2.01. The molecule has 0 amide bonds. The van der Waals surface area contributed by atoms with Crippen molar-refractivity contribution >= 4 is 23.2 Å². The van der Waals surface area contributed by atoms with Gasteiger partial charge in [-0.2, -0.15) is 0 Å². The maximum atomic E-state index is 11.4. The second-order valence-electron chi connectivity index (χ2n) is 3.23. The molecule has 0 N–H and O–H groups in total. The lowest BCUT2D eigenvalue weighted by Gasteiger charge is -1.99. The summed E-state index contributed by atoms with van der Waals surface area (Å²) < 4.78 is 0. The number of hydrogen-bond donors (Lipinski definition) is 0. The summed E-state index contributed by atoms with van der Waals surface area (Å²) in [7, 11) is 0. The predicted molar refractivity (Wildman–Crippen MR) is 62.3 cm³/mol. The average molecular weight is 206 g/mol. The molecule has 0 aliphatic heterocycles. The first-order valence-electron chi connectivity index (χ1n) is 4.59. The number of allylic oxidation sites excluding steroid dienone is 2. The molecular weight excluding hydrogens is 192 g/mol. The lowest BCUT2D eigenvalue weighted by atomic mass is 10.1. The van der Waals surface area contributed by atoms with Crippen LogP contribution in [0.15, 0.2) is 36.2 Å². The molecule has 0 radical (unpaired) electrons. The summed E-state index contributed by atoms with van der Waals surface area (Å²) in [4.78, 5) is 12.5. The van der Waals surface area contributed by atoms with Crippen LogP contribution >= 0.6 is 11.3 Å². The van der Waals surface area contributed by atoms with Gasteiger partial charge >= 0.3 is 0 Å². The fourth-order valence-electron chi connectivity index (χ4n) is 1.03. The van der Waals surface area contributed by atoms with Gasteiger partial charge in [0.25, 0.3) is 0 Å². The molecule has 74 valence electrons. The summed E-state index contributed by atoms with van der Waals surface area (Å²) >= 11 is 1.63. The number of ketones is 1. The number of carbonyl (C=O) groups excluding carboxylic acids is 1. The van der Waals surface area contributed by atoms with Crippen molar-refractivity contribution in [3.63, 3.8) is 0 Å². The van der Waals surface area contributed by atoms with Gasteiger partial charge in [-0.25, -0.2) is 0 Å². The summed E-state index contributed by atoms with van der Waals surface area (Å²) in [6.45, 7) is 5.64. The van der Waals surface area contributed by atoms with Gasteiger partial charge in [-0.1, -0.05) is 19.1 Å². The van der Waals surface area contributed by atoms with Gasteiger partial charge in [0.2, 0.25) is 0 Å². The van der Waals surface area contributed by atoms with Crippen LogP contribution in [0, 0.1) is 5.92 Å². The van der Waals surface area contributed by atoms with E-state index in [1.54, 1.807) is 23.5 Å². The molecule has 0 spiro atoms. The van der Waals surface area contributed by atoms with Crippen molar-refractivity contribution in [2.45, 2.75) is 13.3 Å². The number of hydrogen-bond acceptors (Lipinski definition) is 2. The normalized spacial score (nSPS) is 12.9. The molecule has 0 saturated heterocycles. The van der Waals surface area contributed by atoms with Crippen LogP contribution in [-0.2, 0) is 4.79 Å². The van der Waals surface area contributed by atoms with E-state index in [1.165, 1.54) is 0 Å². The summed E-state index contributed by atoms with van der Waals surface area (Å²) in [5.74, 6) is 0.418. The second kappa shape index (κ2) is 5.55. The predicted octanol–water partition coefficient (Wildman–Crippen LogP) is 3.54. The number of rotatable bonds is 5. The minimum Gasteiger partial charge on any atom is -0.295 e. The van der Waals surface area contributed by atoms with Crippen molar-refractivity contribution in [3.05, 3.63) is 41.1 Å². The zero-order chi connectivity index (χ0) is 10.4. The third-order valence-electron chi connectivity index (χ3n) is 1.90. The SMILES string of the molecule is C=C[C@H](C)CC(=O)/C=C/c1cccs1. The van der Waals surface area contributed by atoms with Crippen molar-refractivity contribution in [2.24, 2.45) is 5.92 Å². The van der Waals surface area contributed by atoms with Gasteiger partial charge in [0.05, 0.1) is 0 Å². The van der Waals surface area contributed by atoms with Crippen molar-refractivity contribution in [2.75, 3.05) is 0 Å². The van der Waals surface area contributed by atoms with Crippen LogP contribution < -0.4 is 0 Å². The van der Waals surface area contributed by atoms with Crippen LogP contribution in [0.3, 0.4) is 0 Å². The molecule has 1 nitrogen and oxygen atoms in total. The summed E-state index contributed by atoms with van der Waals surface area (Å²) in [5, 5.41) is 2.00. The van der Waals surface area contributed by atoms with Crippen molar-refractivity contribution in [1.29, 1.82) is 0 Å². The van der Waals surface area contributed by atoms with Crippen LogP contribution in [0.5, 0.6) is 0 Å². The maximum Gasteiger partial charge on any atom is 0.156 e. The van der Waals surface area contributed by atoms with Gasteiger partial charge in [-0.05, 0) is 29.5 Å². The molecule has 1 heterocycles. The lowest BCUT2D eigenvalue weighted by Crippen LogP contribution is -1.99. The van der Waals surface area contributed by atoms with E-state index in [1.807, 2.05) is 30.5 Å². The monoisotopic (exact) mass is 206 g/mol. The van der Waals surface area contributed by atoms with E-state index in [-0.39, 0.29) is 11.7 Å². The van der Waals surface area contributed by atoms with Crippen LogP contribution in [0.4, 0.5) is 0 Å². The molecule has 0 aliphatic carbocycles. The van der Waals surface area contributed by atoms with Gasteiger partial charge in [-0.15, -0.1) is 17.9 Å². The Morgan fingerprint density at radius 2 is 2.50 bits per heavy atom. The van der Waals surface area contributed by atoms with Gasteiger partial charge in [0.1, 0.15) is 0 Å². The number of carbonyl (C=O) groups is 1. The van der Waals surface area contributed by atoms with Gasteiger partial charge in [0.15, 0.2) is 5.78 Å². The minimum atomic E-state index is 0.158. The molecule has 0 unspecified atom stereocenters. The highest BCUT2D eigenvalue weighted by atomic mass is 32.1. The van der Waals surface area contributed by atoms with Crippen LogP contribution in [0.2, 0.25) is 0 Å². The molecule has 0 fully saturated rings. The second-order valence-corrected chi connectivity index (χ2v) is 4.21. The molecule has 1 aromatic rings. The molecule has 0 aliphatic rings. The Hall–Kier alpha value is -1.15. The van der Waals surface area contributed by atoms with Crippen molar-refractivity contribution < 1.29 is 4.79 Å². The highest BCUT2D eigenvalue weighted by Crippen LogP contribution is 2.11. The van der Waals surface area contributed by atoms with E-state index >= 15 is 0 Å². The van der Waals surface area contributed by atoms with E-state index in [4.69, 9.17) is 0 Å². The molecule has 1 rings (SSSR count). The van der Waals surface area contributed by atoms with E-state index in [9.17, 15) is 4.79 Å². The molecule has 14 heavy (non-hydrogen) atoms. The first-order chi connectivity index (χ1) is 6.72. The van der Waals surface area contributed by atoms with Gasteiger partial charge in [0, 0.05) is 11.3 Å². The Morgan fingerprint density at radius 1 is 1.71 bits per heavy atom. The number of thiophene rings is 1. The van der Waals surface area contributed by atoms with E-state index < -0.39 is 0 Å². The lowest BCUT2D eigenvalue weighted by molar-refractivity contribution is -0.115. The molecular formula is C12H14OS. The third kappa shape index (κ3) is 3.71. The fourth-order valence-corrected chi connectivity index (χ4v) is 1.65. The van der Waals surface area contributed by atoms with Crippen LogP contribution in [0.1, 0.15) is 18.2 Å². The summed E-state index contributed by atoms with van der Waals surface area (Å²) in [5.41, 5.74) is 0. The largest absolute Gasteiger partial charge is 0.295 e. The van der Waals surface area contributed by atoms with Crippen molar-refractivity contribution in [1.82, 2.24) is 0 Å². The minimum absolute atomic E-state index is 0.158. The molecule has 0 saturated carbocycles. The van der Waals surface area contributed by atoms with E-state index in [2.05, 4.69) is 6.58 Å². The maximum absolute atomic E-state index is 11.4. The first kappa shape index (κ1) is 10.9. The quantitative estimate of drug-likeness (QED) is 0.532. The van der Waals surface area contributed by atoms with E-state index in [0.717, 1.165) is 4.88 Å². The van der Waals surface area contributed by atoms with Gasteiger partial charge < -0.3 is 0 Å². The van der Waals surface area contributed by atoms with Crippen molar-refractivity contribution in [3.8, 4) is 0 Å². The molecule has 2 heteroatoms. The standard InChI is InChI=1S/C12H14OS/c1-3-10(2)9-11(13)6-7-12-5-4-8-14-12/h3-8,10H,1,9H2,2H3/b7-6+/t10-/m0/s1. The molecule has 1 atom stereocenters. The Balaban J connectivity index is 2.44. The molecule has 0 aromatic carbocycles. The van der Waals surface area contributed by atoms with Crippen LogP contribution in [0.25, 0.3) is 6.08 Å². The van der Waals surface area contributed by atoms with Gasteiger partial charge in [-0.3, -0.25) is 4.79 Å². The topological polar surface area (TPSA) is 17.1 Å². The zero-order valence-corrected chi connectivity index (χ0v) is 9.09. The van der Waals surface area contributed by atoms with E-state index in [0.29, 0.717) is 6.42 Å². The smallest absolute Gasteiger partial charge is 0.156 e. The fraction of sp³-hybridized carbons (Fsp3) is 0.250. The molecule has 1 aromatic heterocycles. The van der Waals surface area contributed by atoms with Crippen LogP contribution in [-0.4, -0.2) is 5.78 Å². The summed E-state index contributed by atoms with van der Waals surface area (Å²) in [6, 6.07) is 3.96. The Bertz CT molecular complexity index is 322. The third-order valence-corrected chi connectivity index (χ3v) is 2.74. The zero-order valence-electron chi connectivity index (χ0n) is 8.27. The first-order valence-corrected chi connectivity index (χ1v) is 5.47. The Labute approximate surface area is 88.8 Å². The summed E-state index contributed by atoms with van der Waals surface area (Å²) in [6.07, 6.45) is 5.86. The average Bonchev–Trinajstić information content (AvgIpc) is 2.67. The Morgan fingerprint density at radius 3 is 3.07 bits per heavy atom.